The number of halogens is 4. The second-order valence-electron chi connectivity index (χ2n) is 4.49. The van der Waals surface area contributed by atoms with Crippen LogP contribution in [0.4, 0.5) is 13.2 Å². The Morgan fingerprint density at radius 1 is 1.00 bits per heavy atom. The lowest BCUT2D eigenvalue weighted by Crippen LogP contribution is -2.01. The summed E-state index contributed by atoms with van der Waals surface area (Å²) in [6.07, 6.45) is 0.907. The van der Waals surface area contributed by atoms with Gasteiger partial charge in [0.15, 0.2) is 21.5 Å². The van der Waals surface area contributed by atoms with Gasteiger partial charge < -0.3 is 0 Å². The Hall–Kier alpha value is -1.60. The van der Waals surface area contributed by atoms with Crippen LogP contribution in [0.5, 0.6) is 0 Å². The van der Waals surface area contributed by atoms with Gasteiger partial charge >= 0.3 is 0 Å². The van der Waals surface area contributed by atoms with Gasteiger partial charge in [-0.25, -0.2) is 21.6 Å². The molecule has 0 aliphatic heterocycles. The van der Waals surface area contributed by atoms with Gasteiger partial charge in [0.2, 0.25) is 0 Å². The van der Waals surface area contributed by atoms with Crippen molar-refractivity contribution in [2.45, 2.75) is 5.75 Å². The van der Waals surface area contributed by atoms with Crippen molar-refractivity contribution in [1.82, 2.24) is 0 Å². The van der Waals surface area contributed by atoms with Crippen LogP contribution in [0.15, 0.2) is 46.3 Å². The lowest BCUT2D eigenvalue weighted by atomic mass is 10.2. The van der Waals surface area contributed by atoms with Crippen molar-refractivity contribution >= 4 is 31.8 Å². The first kappa shape index (κ1) is 16.8. The highest BCUT2D eigenvalue weighted by atomic mass is 79.9. The number of sulfone groups is 1. The average Bonchev–Trinajstić information content (AvgIpc) is 2.44. The van der Waals surface area contributed by atoms with Gasteiger partial charge in [0.25, 0.3) is 0 Å². The van der Waals surface area contributed by atoms with Crippen molar-refractivity contribution in [2.24, 2.45) is 0 Å². The maximum Gasteiger partial charge on any atom is 0.175 e. The molecule has 0 saturated carbocycles. The van der Waals surface area contributed by atoms with Crippen LogP contribution in [0.25, 0.3) is 6.08 Å². The quantitative estimate of drug-likeness (QED) is 0.722. The van der Waals surface area contributed by atoms with Crippen LogP contribution in [0, 0.1) is 17.5 Å². The fraction of sp³-hybridized carbons (Fsp3) is 0.0667. The smallest absolute Gasteiger partial charge is 0.175 e. The first-order valence-electron chi connectivity index (χ1n) is 6.07. The minimum atomic E-state index is -3.69. The van der Waals surface area contributed by atoms with Gasteiger partial charge in [-0.05, 0) is 23.8 Å². The van der Waals surface area contributed by atoms with E-state index in [2.05, 4.69) is 15.9 Å². The molecular weight excluding hydrogens is 381 g/mol. The molecule has 116 valence electrons. The van der Waals surface area contributed by atoms with Crippen molar-refractivity contribution in [1.29, 1.82) is 0 Å². The summed E-state index contributed by atoms with van der Waals surface area (Å²) < 4.78 is 63.9. The SMILES string of the molecule is O=S(=O)(C=Cc1cc(F)c(F)cc1F)Cc1ccccc1Br. The van der Waals surface area contributed by atoms with Gasteiger partial charge in [-0.1, -0.05) is 34.1 Å². The Bertz CT molecular complexity index is 833. The summed E-state index contributed by atoms with van der Waals surface area (Å²) in [4.78, 5) is 0. The third kappa shape index (κ3) is 4.20. The molecule has 0 bridgehead atoms. The topological polar surface area (TPSA) is 34.1 Å². The summed E-state index contributed by atoms with van der Waals surface area (Å²) in [5, 5.41) is 0.780. The zero-order valence-electron chi connectivity index (χ0n) is 11.1. The van der Waals surface area contributed by atoms with Crippen LogP contribution in [0.3, 0.4) is 0 Å². The third-order valence-corrected chi connectivity index (χ3v) is 4.85. The van der Waals surface area contributed by atoms with E-state index in [0.29, 0.717) is 22.2 Å². The monoisotopic (exact) mass is 390 g/mol. The van der Waals surface area contributed by atoms with Crippen LogP contribution < -0.4 is 0 Å². The summed E-state index contributed by atoms with van der Waals surface area (Å²) in [5.74, 6) is -3.91. The molecule has 0 aliphatic carbocycles. The zero-order chi connectivity index (χ0) is 16.3. The predicted octanol–water partition coefficient (Wildman–Crippen LogP) is 4.45. The van der Waals surface area contributed by atoms with Crippen molar-refractivity contribution in [3.05, 3.63) is 74.9 Å². The van der Waals surface area contributed by atoms with Crippen LogP contribution in [-0.2, 0) is 15.6 Å². The van der Waals surface area contributed by atoms with Crippen molar-refractivity contribution in [2.75, 3.05) is 0 Å². The molecule has 2 aromatic carbocycles. The molecule has 0 fully saturated rings. The molecule has 0 atom stereocenters. The van der Waals surface area contributed by atoms with Gasteiger partial charge in [0, 0.05) is 21.5 Å². The fourth-order valence-corrected chi connectivity index (χ4v) is 3.47. The Balaban J connectivity index is 2.26. The van der Waals surface area contributed by atoms with Gasteiger partial charge in [0.05, 0.1) is 5.75 Å². The number of rotatable bonds is 4. The van der Waals surface area contributed by atoms with E-state index >= 15 is 0 Å². The summed E-state index contributed by atoms with van der Waals surface area (Å²) in [6.45, 7) is 0. The van der Waals surface area contributed by atoms with E-state index in [1.165, 1.54) is 0 Å². The van der Waals surface area contributed by atoms with Crippen molar-refractivity contribution in [3.8, 4) is 0 Å². The van der Waals surface area contributed by atoms with Gasteiger partial charge in [-0.3, -0.25) is 0 Å². The molecule has 2 aromatic rings. The molecule has 0 spiro atoms. The second-order valence-corrected chi connectivity index (χ2v) is 7.23. The Kier molecular flexibility index (Phi) is 5.08. The largest absolute Gasteiger partial charge is 0.224 e. The normalized spacial score (nSPS) is 12.0. The Morgan fingerprint density at radius 2 is 1.64 bits per heavy atom. The molecule has 0 unspecified atom stereocenters. The van der Waals surface area contributed by atoms with E-state index < -0.39 is 27.3 Å². The maximum atomic E-state index is 13.4. The summed E-state index contributed by atoms with van der Waals surface area (Å²) in [7, 11) is -3.69. The lowest BCUT2D eigenvalue weighted by molar-refractivity contribution is 0.494. The van der Waals surface area contributed by atoms with Crippen molar-refractivity contribution in [3.63, 3.8) is 0 Å². The predicted molar refractivity (Wildman–Crippen MR) is 82.1 cm³/mol. The molecule has 0 saturated heterocycles. The molecule has 0 N–H and O–H groups in total. The summed E-state index contributed by atoms with van der Waals surface area (Å²) in [5.41, 5.74) is 0.201. The highest BCUT2D eigenvalue weighted by molar-refractivity contribution is 9.10. The first-order valence-corrected chi connectivity index (χ1v) is 8.58. The molecule has 0 aliphatic rings. The minimum Gasteiger partial charge on any atom is -0.224 e. The van der Waals surface area contributed by atoms with Gasteiger partial charge in [-0.2, -0.15) is 0 Å². The summed E-state index contributed by atoms with van der Waals surface area (Å²) >= 11 is 3.23. The van der Waals surface area contributed by atoms with E-state index in [1.807, 2.05) is 0 Å². The van der Waals surface area contributed by atoms with Crippen molar-refractivity contribution < 1.29 is 21.6 Å². The van der Waals surface area contributed by atoms with Gasteiger partial charge in [-0.15, -0.1) is 0 Å². The van der Waals surface area contributed by atoms with Gasteiger partial charge in [0.1, 0.15) is 5.82 Å². The highest BCUT2D eigenvalue weighted by Gasteiger charge is 2.12. The number of hydrogen-bond donors (Lipinski definition) is 0. The molecular formula is C15H10BrF3O2S. The van der Waals surface area contributed by atoms with Crippen LogP contribution in [0.1, 0.15) is 11.1 Å². The fourth-order valence-electron chi connectivity index (χ4n) is 1.72. The molecule has 2 rings (SSSR count). The lowest BCUT2D eigenvalue weighted by Gasteiger charge is -2.03. The molecule has 2 nitrogen and oxygen atoms in total. The van der Waals surface area contributed by atoms with E-state index in [4.69, 9.17) is 0 Å². The highest BCUT2D eigenvalue weighted by Crippen LogP contribution is 2.20. The first-order chi connectivity index (χ1) is 10.3. The van der Waals surface area contributed by atoms with Crippen LogP contribution >= 0.6 is 15.9 Å². The molecule has 0 aromatic heterocycles. The average molecular weight is 391 g/mol. The van der Waals surface area contributed by atoms with E-state index in [-0.39, 0.29) is 11.3 Å². The minimum absolute atomic E-state index is 0.295. The van der Waals surface area contributed by atoms with Crippen LogP contribution in [-0.4, -0.2) is 8.42 Å². The van der Waals surface area contributed by atoms with E-state index in [9.17, 15) is 21.6 Å². The molecule has 22 heavy (non-hydrogen) atoms. The number of benzene rings is 2. The van der Waals surface area contributed by atoms with E-state index in [0.717, 1.165) is 11.5 Å². The molecule has 0 amide bonds. The molecule has 7 heteroatoms. The second kappa shape index (κ2) is 6.66. The Labute approximate surface area is 134 Å². The summed E-state index contributed by atoms with van der Waals surface area (Å²) in [6, 6.07) is 7.74. The standard InChI is InChI=1S/C15H10BrF3O2S/c16-12-4-2-1-3-11(12)9-22(20,21)6-5-10-7-14(18)15(19)8-13(10)17/h1-8H,9H2. The molecule has 0 radical (unpaired) electrons. The Morgan fingerprint density at radius 3 is 2.32 bits per heavy atom. The third-order valence-electron chi connectivity index (χ3n) is 2.81. The van der Waals surface area contributed by atoms with E-state index in [1.54, 1.807) is 24.3 Å². The molecule has 0 heterocycles. The van der Waals surface area contributed by atoms with Crippen LogP contribution in [0.2, 0.25) is 0 Å². The maximum absolute atomic E-state index is 13.4. The number of hydrogen-bond acceptors (Lipinski definition) is 2. The zero-order valence-corrected chi connectivity index (χ0v) is 13.5.